The summed E-state index contributed by atoms with van der Waals surface area (Å²) in [4.78, 5) is 0. The number of anilines is 1. The van der Waals surface area contributed by atoms with Crippen LogP contribution in [0.15, 0.2) is 42.5 Å². The van der Waals surface area contributed by atoms with Gasteiger partial charge in [-0.15, -0.1) is 0 Å². The summed E-state index contributed by atoms with van der Waals surface area (Å²) in [5.41, 5.74) is 2.32. The fraction of sp³-hybridized carbons (Fsp3) is 0.455. The number of phenolic OH excluding ortho intramolecular Hbond substituents is 1. The SMILES string of the molecule is COCCOc1ccc(CNc2cc(C(O)CNC(C)(C)C)ccc2O)cc1. The Morgan fingerprint density at radius 3 is 2.39 bits per heavy atom. The Morgan fingerprint density at radius 2 is 1.75 bits per heavy atom. The topological polar surface area (TPSA) is 83.0 Å². The van der Waals surface area contributed by atoms with Crippen molar-refractivity contribution in [3.8, 4) is 11.5 Å². The molecule has 2 aromatic rings. The number of phenols is 1. The standard InChI is InChI=1S/C22H32N2O4/c1-22(2,3)24-15-21(26)17-7-10-20(25)19(13-17)23-14-16-5-8-18(9-6-16)28-12-11-27-4/h5-10,13,21,23-26H,11-12,14-15H2,1-4H3. The molecule has 6 heteroatoms. The van der Waals surface area contributed by atoms with Gasteiger partial charge in [0.25, 0.3) is 0 Å². The Morgan fingerprint density at radius 1 is 1.04 bits per heavy atom. The Balaban J connectivity index is 1.94. The second-order valence-corrected chi connectivity index (χ2v) is 7.76. The van der Waals surface area contributed by atoms with Crippen LogP contribution < -0.4 is 15.4 Å². The number of aromatic hydroxyl groups is 1. The zero-order chi connectivity index (χ0) is 20.6. The van der Waals surface area contributed by atoms with E-state index in [1.54, 1.807) is 25.3 Å². The van der Waals surface area contributed by atoms with Crippen molar-refractivity contribution in [1.82, 2.24) is 5.32 Å². The fourth-order valence-electron chi connectivity index (χ4n) is 2.57. The van der Waals surface area contributed by atoms with Crippen molar-refractivity contribution in [2.45, 2.75) is 39.0 Å². The summed E-state index contributed by atoms with van der Waals surface area (Å²) in [7, 11) is 1.64. The van der Waals surface area contributed by atoms with Crippen molar-refractivity contribution in [1.29, 1.82) is 0 Å². The maximum atomic E-state index is 10.4. The van der Waals surface area contributed by atoms with Crippen LogP contribution in [0.2, 0.25) is 0 Å². The van der Waals surface area contributed by atoms with Crippen LogP contribution in [0.5, 0.6) is 11.5 Å². The molecule has 0 saturated carbocycles. The summed E-state index contributed by atoms with van der Waals surface area (Å²) in [6, 6.07) is 12.9. The Bertz CT molecular complexity index is 726. The summed E-state index contributed by atoms with van der Waals surface area (Å²) >= 11 is 0. The summed E-state index contributed by atoms with van der Waals surface area (Å²) in [6.07, 6.45) is -0.649. The van der Waals surface area contributed by atoms with E-state index in [-0.39, 0.29) is 11.3 Å². The van der Waals surface area contributed by atoms with Crippen molar-refractivity contribution in [3.05, 3.63) is 53.6 Å². The molecule has 0 aromatic heterocycles. The molecule has 6 nitrogen and oxygen atoms in total. The Hall–Kier alpha value is -2.28. The van der Waals surface area contributed by atoms with E-state index in [2.05, 4.69) is 31.4 Å². The van der Waals surface area contributed by atoms with Gasteiger partial charge in [0.1, 0.15) is 18.1 Å². The van der Waals surface area contributed by atoms with Gasteiger partial charge >= 0.3 is 0 Å². The van der Waals surface area contributed by atoms with E-state index in [0.29, 0.717) is 32.0 Å². The molecule has 0 bridgehead atoms. The van der Waals surface area contributed by atoms with E-state index in [9.17, 15) is 10.2 Å². The number of aliphatic hydroxyl groups is 1. The predicted molar refractivity (Wildman–Crippen MR) is 112 cm³/mol. The predicted octanol–water partition coefficient (Wildman–Crippen LogP) is 3.45. The number of ether oxygens (including phenoxy) is 2. The fourth-order valence-corrected chi connectivity index (χ4v) is 2.57. The maximum Gasteiger partial charge on any atom is 0.138 e. The van der Waals surface area contributed by atoms with E-state index in [4.69, 9.17) is 9.47 Å². The molecule has 154 valence electrons. The number of methoxy groups -OCH3 is 1. The molecule has 28 heavy (non-hydrogen) atoms. The van der Waals surface area contributed by atoms with Gasteiger partial charge in [0, 0.05) is 25.7 Å². The third kappa shape index (κ3) is 7.38. The van der Waals surface area contributed by atoms with Crippen LogP contribution in [0.1, 0.15) is 38.0 Å². The van der Waals surface area contributed by atoms with Crippen LogP contribution in [0.4, 0.5) is 5.69 Å². The van der Waals surface area contributed by atoms with E-state index in [0.717, 1.165) is 16.9 Å². The van der Waals surface area contributed by atoms with E-state index >= 15 is 0 Å². The normalized spacial score (nSPS) is 12.6. The van der Waals surface area contributed by atoms with Gasteiger partial charge in [-0.25, -0.2) is 0 Å². The smallest absolute Gasteiger partial charge is 0.138 e. The van der Waals surface area contributed by atoms with Crippen molar-refractivity contribution >= 4 is 5.69 Å². The van der Waals surface area contributed by atoms with Gasteiger partial charge in [-0.2, -0.15) is 0 Å². The Labute approximate surface area is 167 Å². The van der Waals surface area contributed by atoms with Gasteiger partial charge in [0.05, 0.1) is 18.4 Å². The van der Waals surface area contributed by atoms with Crippen LogP contribution in [0, 0.1) is 0 Å². The Kier molecular flexibility index (Phi) is 8.11. The van der Waals surface area contributed by atoms with Crippen LogP contribution in [-0.4, -0.2) is 42.6 Å². The van der Waals surface area contributed by atoms with Crippen LogP contribution in [-0.2, 0) is 11.3 Å². The molecular formula is C22H32N2O4. The summed E-state index contributed by atoms with van der Waals surface area (Å²) < 4.78 is 10.5. The molecule has 0 radical (unpaired) electrons. The van der Waals surface area contributed by atoms with Crippen molar-refractivity contribution < 1.29 is 19.7 Å². The minimum Gasteiger partial charge on any atom is -0.506 e. The number of hydrogen-bond donors (Lipinski definition) is 4. The molecule has 0 aliphatic carbocycles. The van der Waals surface area contributed by atoms with Crippen LogP contribution >= 0.6 is 0 Å². The first-order valence-electron chi connectivity index (χ1n) is 9.49. The van der Waals surface area contributed by atoms with Crippen molar-refractivity contribution in [3.63, 3.8) is 0 Å². The van der Waals surface area contributed by atoms with E-state index < -0.39 is 6.10 Å². The highest BCUT2D eigenvalue weighted by atomic mass is 16.5. The molecule has 0 fully saturated rings. The molecule has 0 saturated heterocycles. The second kappa shape index (κ2) is 10.3. The third-order valence-electron chi connectivity index (χ3n) is 4.19. The molecule has 0 amide bonds. The third-order valence-corrected chi connectivity index (χ3v) is 4.19. The maximum absolute atomic E-state index is 10.4. The lowest BCUT2D eigenvalue weighted by molar-refractivity contribution is 0.146. The number of β-amino-alcohol motifs (C(OH)–C–C–N with tert-alkyl or cyclic N) is 1. The largest absolute Gasteiger partial charge is 0.506 e. The van der Waals surface area contributed by atoms with Gasteiger partial charge in [0.2, 0.25) is 0 Å². The van der Waals surface area contributed by atoms with Gasteiger partial charge in [-0.1, -0.05) is 18.2 Å². The lowest BCUT2D eigenvalue weighted by atomic mass is 10.1. The highest BCUT2D eigenvalue weighted by Crippen LogP contribution is 2.28. The lowest BCUT2D eigenvalue weighted by Crippen LogP contribution is -2.38. The summed E-state index contributed by atoms with van der Waals surface area (Å²) in [6.45, 7) is 8.22. The molecule has 0 aliphatic rings. The number of benzene rings is 2. The molecule has 0 aliphatic heterocycles. The van der Waals surface area contributed by atoms with Crippen molar-refractivity contribution in [2.75, 3.05) is 32.2 Å². The van der Waals surface area contributed by atoms with Gasteiger partial charge in [-0.3, -0.25) is 0 Å². The van der Waals surface area contributed by atoms with Gasteiger partial charge in [-0.05, 0) is 56.2 Å². The average Bonchev–Trinajstić information content (AvgIpc) is 2.66. The van der Waals surface area contributed by atoms with Gasteiger partial charge in [0.15, 0.2) is 0 Å². The molecule has 4 N–H and O–H groups in total. The quantitative estimate of drug-likeness (QED) is 0.369. The molecule has 2 rings (SSSR count). The first kappa shape index (κ1) is 22.0. The van der Waals surface area contributed by atoms with Gasteiger partial charge < -0.3 is 30.3 Å². The van der Waals surface area contributed by atoms with Crippen LogP contribution in [0.25, 0.3) is 0 Å². The number of nitrogens with one attached hydrogen (secondary N) is 2. The molecule has 1 unspecified atom stereocenters. The molecule has 2 aromatic carbocycles. The molecular weight excluding hydrogens is 356 g/mol. The first-order valence-corrected chi connectivity index (χ1v) is 9.49. The number of hydrogen-bond acceptors (Lipinski definition) is 6. The first-order chi connectivity index (χ1) is 13.3. The number of aliphatic hydroxyl groups excluding tert-OH is 1. The average molecular weight is 389 g/mol. The highest BCUT2D eigenvalue weighted by molar-refractivity contribution is 5.58. The van der Waals surface area contributed by atoms with Crippen molar-refractivity contribution in [2.24, 2.45) is 0 Å². The lowest BCUT2D eigenvalue weighted by Gasteiger charge is -2.23. The molecule has 0 heterocycles. The minimum atomic E-state index is -0.649. The van der Waals surface area contributed by atoms with E-state index in [1.807, 2.05) is 24.3 Å². The second-order valence-electron chi connectivity index (χ2n) is 7.76. The molecule has 1 atom stereocenters. The molecule has 0 spiro atoms. The summed E-state index contributed by atoms with van der Waals surface area (Å²) in [5, 5.41) is 27.0. The zero-order valence-electron chi connectivity index (χ0n) is 17.2. The highest BCUT2D eigenvalue weighted by Gasteiger charge is 2.15. The minimum absolute atomic E-state index is 0.0710. The summed E-state index contributed by atoms with van der Waals surface area (Å²) in [5.74, 6) is 0.944. The monoisotopic (exact) mass is 388 g/mol. The van der Waals surface area contributed by atoms with E-state index in [1.165, 1.54) is 0 Å². The number of rotatable bonds is 10. The zero-order valence-corrected chi connectivity index (χ0v) is 17.2. The van der Waals surface area contributed by atoms with Crippen LogP contribution in [0.3, 0.4) is 0 Å².